The third-order valence-corrected chi connectivity index (χ3v) is 2.56. The van der Waals surface area contributed by atoms with Crippen molar-refractivity contribution in [2.24, 2.45) is 0 Å². The summed E-state index contributed by atoms with van der Waals surface area (Å²) in [7, 11) is 0. The second-order valence-corrected chi connectivity index (χ2v) is 4.73. The van der Waals surface area contributed by atoms with E-state index in [0.717, 1.165) is 5.82 Å². The van der Waals surface area contributed by atoms with Crippen LogP contribution >= 0.6 is 11.6 Å². The molecule has 1 aromatic carbocycles. The van der Waals surface area contributed by atoms with Gasteiger partial charge in [0.1, 0.15) is 11.6 Å². The summed E-state index contributed by atoms with van der Waals surface area (Å²) < 4.78 is 13.0. The first-order valence-corrected chi connectivity index (χ1v) is 6.24. The zero-order chi connectivity index (χ0) is 13.8. The van der Waals surface area contributed by atoms with Crippen LogP contribution in [0, 0.1) is 5.82 Å². The Hall–Kier alpha value is -1.88. The first-order valence-electron chi connectivity index (χ1n) is 5.86. The normalized spacial score (nSPS) is 10.6. The molecule has 2 rings (SSSR count). The van der Waals surface area contributed by atoms with E-state index in [1.807, 2.05) is 13.8 Å². The Morgan fingerprint density at radius 2 is 2.05 bits per heavy atom. The lowest BCUT2D eigenvalue weighted by Gasteiger charge is -2.10. The molecular weight excluding hydrogens is 267 g/mol. The van der Waals surface area contributed by atoms with Crippen LogP contribution in [-0.2, 0) is 0 Å². The Bertz CT molecular complexity index is 574. The molecule has 0 atom stereocenters. The molecule has 0 aliphatic carbocycles. The Morgan fingerprint density at radius 1 is 1.26 bits per heavy atom. The minimum absolute atomic E-state index is 0.0569. The second-order valence-electron chi connectivity index (χ2n) is 4.32. The Kier molecular flexibility index (Phi) is 4.16. The van der Waals surface area contributed by atoms with Gasteiger partial charge in [-0.3, -0.25) is 0 Å². The quantitative estimate of drug-likeness (QED) is 0.893. The summed E-state index contributed by atoms with van der Waals surface area (Å²) in [6, 6.07) is 6.42. The van der Waals surface area contributed by atoms with E-state index < -0.39 is 5.82 Å². The summed E-state index contributed by atoms with van der Waals surface area (Å²) in [5.74, 6) is 0.692. The van der Waals surface area contributed by atoms with Crippen LogP contribution in [-0.4, -0.2) is 16.0 Å². The minimum atomic E-state index is -0.455. The Balaban J connectivity index is 2.16. The highest BCUT2D eigenvalue weighted by Crippen LogP contribution is 2.21. The van der Waals surface area contributed by atoms with Gasteiger partial charge in [-0.15, -0.1) is 0 Å². The van der Waals surface area contributed by atoms with Crippen LogP contribution in [0.2, 0.25) is 5.02 Å². The summed E-state index contributed by atoms with van der Waals surface area (Å²) >= 11 is 5.71. The monoisotopic (exact) mass is 280 g/mol. The third-order valence-electron chi connectivity index (χ3n) is 2.27. The van der Waals surface area contributed by atoms with E-state index in [1.54, 1.807) is 18.3 Å². The molecule has 19 heavy (non-hydrogen) atoms. The molecule has 0 fully saturated rings. The van der Waals surface area contributed by atoms with Crippen LogP contribution in [0.3, 0.4) is 0 Å². The molecule has 0 radical (unpaired) electrons. The first kappa shape index (κ1) is 13.5. The van der Waals surface area contributed by atoms with Gasteiger partial charge in [-0.2, -0.15) is 4.98 Å². The molecule has 0 aliphatic heterocycles. The van der Waals surface area contributed by atoms with Crippen molar-refractivity contribution in [2.75, 3.05) is 10.6 Å². The highest BCUT2D eigenvalue weighted by molar-refractivity contribution is 6.31. The van der Waals surface area contributed by atoms with Crippen molar-refractivity contribution in [1.29, 1.82) is 0 Å². The number of aromatic nitrogens is 2. The van der Waals surface area contributed by atoms with Crippen LogP contribution in [0.15, 0.2) is 30.5 Å². The number of halogens is 2. The summed E-state index contributed by atoms with van der Waals surface area (Å²) in [4.78, 5) is 8.39. The fourth-order valence-corrected chi connectivity index (χ4v) is 1.68. The van der Waals surface area contributed by atoms with Crippen molar-refractivity contribution in [3.8, 4) is 0 Å². The van der Waals surface area contributed by atoms with Crippen molar-refractivity contribution >= 4 is 29.1 Å². The van der Waals surface area contributed by atoms with Crippen LogP contribution in [0.1, 0.15) is 13.8 Å². The molecule has 0 saturated heterocycles. The highest BCUT2D eigenvalue weighted by atomic mass is 35.5. The van der Waals surface area contributed by atoms with E-state index >= 15 is 0 Å². The molecule has 0 saturated carbocycles. The lowest BCUT2D eigenvalue weighted by atomic mass is 10.3. The van der Waals surface area contributed by atoms with Gasteiger partial charge in [0.15, 0.2) is 0 Å². The van der Waals surface area contributed by atoms with E-state index in [9.17, 15) is 4.39 Å². The van der Waals surface area contributed by atoms with E-state index in [1.165, 1.54) is 12.1 Å². The maximum absolute atomic E-state index is 13.0. The van der Waals surface area contributed by atoms with E-state index in [2.05, 4.69) is 20.6 Å². The molecule has 1 heterocycles. The first-order chi connectivity index (χ1) is 9.04. The van der Waals surface area contributed by atoms with Crippen LogP contribution in [0.25, 0.3) is 0 Å². The van der Waals surface area contributed by atoms with Gasteiger partial charge in [0.05, 0.1) is 5.02 Å². The summed E-state index contributed by atoms with van der Waals surface area (Å²) in [5.41, 5.74) is 0.632. The van der Waals surface area contributed by atoms with Gasteiger partial charge in [-0.05, 0) is 38.1 Å². The standard InChI is InChI=1S/C13H14ClFN4/c1-8(2)17-12-5-6-16-13(19-12)18-9-3-4-11(15)10(14)7-9/h3-8H,1-2H3,(H2,16,17,18,19). The minimum Gasteiger partial charge on any atom is -0.368 e. The lowest BCUT2D eigenvalue weighted by molar-refractivity contribution is 0.628. The lowest BCUT2D eigenvalue weighted by Crippen LogP contribution is -2.11. The number of hydrogen-bond acceptors (Lipinski definition) is 4. The van der Waals surface area contributed by atoms with E-state index in [-0.39, 0.29) is 11.1 Å². The predicted octanol–water partition coefficient (Wildman–Crippen LogP) is 3.83. The fraction of sp³-hybridized carbons (Fsp3) is 0.231. The number of nitrogens with one attached hydrogen (secondary N) is 2. The molecule has 1 aromatic heterocycles. The van der Waals surface area contributed by atoms with E-state index in [4.69, 9.17) is 11.6 Å². The molecule has 100 valence electrons. The number of anilines is 3. The molecule has 4 nitrogen and oxygen atoms in total. The molecule has 0 aliphatic rings. The third kappa shape index (κ3) is 3.79. The maximum Gasteiger partial charge on any atom is 0.229 e. The Labute approximate surface area is 116 Å². The molecule has 0 bridgehead atoms. The molecule has 6 heteroatoms. The van der Waals surface area contributed by atoms with Gasteiger partial charge in [0.25, 0.3) is 0 Å². The van der Waals surface area contributed by atoms with Crippen LogP contribution < -0.4 is 10.6 Å². The van der Waals surface area contributed by atoms with Crippen molar-refractivity contribution < 1.29 is 4.39 Å². The molecule has 0 spiro atoms. The van der Waals surface area contributed by atoms with Gasteiger partial charge in [-0.1, -0.05) is 11.6 Å². The van der Waals surface area contributed by atoms with Crippen molar-refractivity contribution in [1.82, 2.24) is 9.97 Å². The molecule has 2 aromatic rings. The molecular formula is C13H14ClFN4. The SMILES string of the molecule is CC(C)Nc1ccnc(Nc2ccc(F)c(Cl)c2)n1. The van der Waals surface area contributed by atoms with Crippen molar-refractivity contribution in [3.05, 3.63) is 41.3 Å². The van der Waals surface area contributed by atoms with Gasteiger partial charge < -0.3 is 10.6 Å². The number of benzene rings is 1. The maximum atomic E-state index is 13.0. The highest BCUT2D eigenvalue weighted by Gasteiger charge is 2.04. The van der Waals surface area contributed by atoms with Gasteiger partial charge in [0.2, 0.25) is 5.95 Å². The number of rotatable bonds is 4. The second kappa shape index (κ2) is 5.84. The smallest absolute Gasteiger partial charge is 0.229 e. The Morgan fingerprint density at radius 3 is 2.74 bits per heavy atom. The number of nitrogens with zero attached hydrogens (tertiary/aromatic N) is 2. The van der Waals surface area contributed by atoms with Gasteiger partial charge >= 0.3 is 0 Å². The van der Waals surface area contributed by atoms with Gasteiger partial charge in [0, 0.05) is 17.9 Å². The van der Waals surface area contributed by atoms with Crippen molar-refractivity contribution in [2.45, 2.75) is 19.9 Å². The summed E-state index contributed by atoms with van der Waals surface area (Å²) in [6.07, 6.45) is 1.64. The number of hydrogen-bond donors (Lipinski definition) is 2. The van der Waals surface area contributed by atoms with E-state index in [0.29, 0.717) is 11.6 Å². The van der Waals surface area contributed by atoms with Crippen LogP contribution in [0.4, 0.5) is 21.8 Å². The zero-order valence-corrected chi connectivity index (χ0v) is 11.4. The van der Waals surface area contributed by atoms with Gasteiger partial charge in [-0.25, -0.2) is 9.37 Å². The fourth-order valence-electron chi connectivity index (χ4n) is 1.50. The summed E-state index contributed by atoms with van der Waals surface area (Å²) in [5, 5.41) is 6.20. The molecule has 0 amide bonds. The topological polar surface area (TPSA) is 49.8 Å². The van der Waals surface area contributed by atoms with Crippen molar-refractivity contribution in [3.63, 3.8) is 0 Å². The summed E-state index contributed by atoms with van der Waals surface area (Å²) in [6.45, 7) is 4.05. The molecule has 2 N–H and O–H groups in total. The molecule has 0 unspecified atom stereocenters. The van der Waals surface area contributed by atoms with Crippen LogP contribution in [0.5, 0.6) is 0 Å². The zero-order valence-electron chi connectivity index (χ0n) is 10.6. The largest absolute Gasteiger partial charge is 0.368 e. The average molecular weight is 281 g/mol. The predicted molar refractivity (Wildman–Crippen MR) is 75.5 cm³/mol. The average Bonchev–Trinajstić information content (AvgIpc) is 2.33.